The molecule has 0 saturated heterocycles. The third-order valence-corrected chi connectivity index (χ3v) is 2.30. The monoisotopic (exact) mass is 296 g/mol. The molecule has 0 N–H and O–H groups in total. The number of halogens is 4. The highest BCUT2D eigenvalue weighted by atomic mass is 79.9. The second kappa shape index (κ2) is 5.52. The number of nitrogens with zero attached hydrogens (tertiary/aromatic N) is 2. The average molecular weight is 297 g/mol. The molecule has 0 aliphatic rings. The van der Waals surface area contributed by atoms with Gasteiger partial charge in [-0.05, 0) is 24.6 Å². The third kappa shape index (κ3) is 4.38. The molecule has 90 valence electrons. The van der Waals surface area contributed by atoms with Crippen molar-refractivity contribution in [1.82, 2.24) is 4.98 Å². The van der Waals surface area contributed by atoms with E-state index in [1.165, 1.54) is 11.1 Å². The molecule has 0 bridgehead atoms. The molecule has 0 atom stereocenters. The quantitative estimate of drug-likeness (QED) is 0.794. The number of pyridine rings is 1. The summed E-state index contributed by atoms with van der Waals surface area (Å²) >= 11 is 3.14. The van der Waals surface area contributed by atoms with Crippen LogP contribution in [-0.2, 0) is 0 Å². The maximum atomic E-state index is 12.3. The summed E-state index contributed by atoms with van der Waals surface area (Å²) < 4.78 is 37.0. The Morgan fingerprint density at radius 1 is 1.44 bits per heavy atom. The molecule has 1 heterocycles. The fraction of sp³-hybridized carbons (Fsp3) is 0.500. The van der Waals surface area contributed by atoms with Crippen LogP contribution in [0.25, 0.3) is 0 Å². The van der Waals surface area contributed by atoms with Crippen LogP contribution in [0.1, 0.15) is 5.56 Å². The molecule has 0 saturated carbocycles. The number of aromatic nitrogens is 1. The van der Waals surface area contributed by atoms with Crippen LogP contribution in [0.4, 0.5) is 19.0 Å². The molecule has 1 aromatic rings. The van der Waals surface area contributed by atoms with Gasteiger partial charge in [-0.15, -0.1) is 0 Å². The molecule has 0 aliphatic carbocycles. The van der Waals surface area contributed by atoms with Gasteiger partial charge in [-0.3, -0.25) is 0 Å². The summed E-state index contributed by atoms with van der Waals surface area (Å²) in [5.74, 6) is 0.358. The largest absolute Gasteiger partial charge is 0.405 e. The predicted molar refractivity (Wildman–Crippen MR) is 61.0 cm³/mol. The fourth-order valence-corrected chi connectivity index (χ4v) is 1.71. The number of hydrogen-bond acceptors (Lipinski definition) is 2. The summed E-state index contributed by atoms with van der Waals surface area (Å²) in [4.78, 5) is 5.16. The Hall–Kier alpha value is -0.780. The topological polar surface area (TPSA) is 16.1 Å². The lowest BCUT2D eigenvalue weighted by Crippen LogP contribution is -2.36. The smallest absolute Gasteiger partial charge is 0.347 e. The average Bonchev–Trinajstić information content (AvgIpc) is 2.15. The SMILES string of the molecule is Cc1ccnc(N(CCBr)CC(F)(F)F)c1. The third-order valence-electron chi connectivity index (χ3n) is 1.95. The number of aryl methyl sites for hydroxylation is 1. The van der Waals surface area contributed by atoms with E-state index in [-0.39, 0.29) is 6.54 Å². The highest BCUT2D eigenvalue weighted by Crippen LogP contribution is 2.21. The van der Waals surface area contributed by atoms with Crippen LogP contribution in [0.5, 0.6) is 0 Å². The molecule has 2 nitrogen and oxygen atoms in total. The van der Waals surface area contributed by atoms with Crippen LogP contribution >= 0.6 is 15.9 Å². The van der Waals surface area contributed by atoms with Crippen molar-refractivity contribution in [3.8, 4) is 0 Å². The van der Waals surface area contributed by atoms with Gasteiger partial charge >= 0.3 is 6.18 Å². The van der Waals surface area contributed by atoms with Gasteiger partial charge in [0.05, 0.1) is 0 Å². The van der Waals surface area contributed by atoms with Gasteiger partial charge in [-0.1, -0.05) is 15.9 Å². The molecule has 16 heavy (non-hydrogen) atoms. The second-order valence-electron chi connectivity index (χ2n) is 3.42. The van der Waals surface area contributed by atoms with Gasteiger partial charge in [-0.2, -0.15) is 13.2 Å². The van der Waals surface area contributed by atoms with Crippen molar-refractivity contribution < 1.29 is 13.2 Å². The van der Waals surface area contributed by atoms with Crippen LogP contribution in [-0.4, -0.2) is 29.6 Å². The summed E-state index contributed by atoms with van der Waals surface area (Å²) in [6.45, 7) is 1.12. The van der Waals surface area contributed by atoms with E-state index in [0.717, 1.165) is 5.56 Å². The Morgan fingerprint density at radius 3 is 2.62 bits per heavy atom. The van der Waals surface area contributed by atoms with E-state index >= 15 is 0 Å². The highest BCUT2D eigenvalue weighted by molar-refractivity contribution is 9.09. The molecule has 0 amide bonds. The molecule has 0 aromatic carbocycles. The van der Waals surface area contributed by atoms with E-state index in [2.05, 4.69) is 20.9 Å². The van der Waals surface area contributed by atoms with Crippen molar-refractivity contribution in [1.29, 1.82) is 0 Å². The Morgan fingerprint density at radius 2 is 2.12 bits per heavy atom. The lowest BCUT2D eigenvalue weighted by atomic mass is 10.3. The summed E-state index contributed by atoms with van der Waals surface area (Å²) in [7, 11) is 0. The summed E-state index contributed by atoms with van der Waals surface area (Å²) in [5.41, 5.74) is 0.895. The number of rotatable bonds is 4. The zero-order valence-electron chi connectivity index (χ0n) is 8.76. The van der Waals surface area contributed by atoms with Gasteiger partial charge < -0.3 is 4.90 Å². The number of anilines is 1. The molecule has 1 aromatic heterocycles. The van der Waals surface area contributed by atoms with Gasteiger partial charge in [0.2, 0.25) is 0 Å². The molecule has 0 spiro atoms. The number of hydrogen-bond donors (Lipinski definition) is 0. The summed E-state index contributed by atoms with van der Waals surface area (Å²) in [6.07, 6.45) is -2.70. The van der Waals surface area contributed by atoms with Crippen molar-refractivity contribution in [3.05, 3.63) is 23.9 Å². The second-order valence-corrected chi connectivity index (χ2v) is 4.21. The number of alkyl halides is 4. The van der Waals surface area contributed by atoms with Crippen molar-refractivity contribution in [3.63, 3.8) is 0 Å². The minimum Gasteiger partial charge on any atom is -0.347 e. The van der Waals surface area contributed by atoms with Crippen molar-refractivity contribution in [2.75, 3.05) is 23.3 Å². The lowest BCUT2D eigenvalue weighted by molar-refractivity contribution is -0.119. The van der Waals surface area contributed by atoms with E-state index in [1.807, 2.05) is 6.92 Å². The Balaban J connectivity index is 2.85. The zero-order chi connectivity index (χ0) is 12.2. The van der Waals surface area contributed by atoms with Gasteiger partial charge in [0, 0.05) is 18.1 Å². The summed E-state index contributed by atoms with van der Waals surface area (Å²) in [6, 6.07) is 3.40. The van der Waals surface area contributed by atoms with E-state index < -0.39 is 12.7 Å². The van der Waals surface area contributed by atoms with E-state index in [4.69, 9.17) is 0 Å². The van der Waals surface area contributed by atoms with Gasteiger partial charge in [0.1, 0.15) is 12.4 Å². The first-order valence-electron chi connectivity index (χ1n) is 4.72. The Kier molecular flexibility index (Phi) is 4.58. The summed E-state index contributed by atoms with van der Waals surface area (Å²) in [5, 5.41) is 0.471. The van der Waals surface area contributed by atoms with E-state index in [0.29, 0.717) is 11.1 Å². The molecule has 0 radical (unpaired) electrons. The highest BCUT2D eigenvalue weighted by Gasteiger charge is 2.31. The van der Waals surface area contributed by atoms with Crippen LogP contribution in [0.2, 0.25) is 0 Å². The van der Waals surface area contributed by atoms with E-state index in [9.17, 15) is 13.2 Å². The first-order valence-corrected chi connectivity index (χ1v) is 5.85. The van der Waals surface area contributed by atoms with E-state index in [1.54, 1.807) is 12.1 Å². The lowest BCUT2D eigenvalue weighted by Gasteiger charge is -2.24. The zero-order valence-corrected chi connectivity index (χ0v) is 10.3. The Labute approximate surface area is 101 Å². The normalized spacial score (nSPS) is 11.6. The maximum Gasteiger partial charge on any atom is 0.405 e. The van der Waals surface area contributed by atoms with Gasteiger partial charge in [-0.25, -0.2) is 4.98 Å². The fourth-order valence-electron chi connectivity index (χ4n) is 1.29. The van der Waals surface area contributed by atoms with Crippen LogP contribution in [0.3, 0.4) is 0 Å². The van der Waals surface area contributed by atoms with Crippen molar-refractivity contribution in [2.24, 2.45) is 0 Å². The van der Waals surface area contributed by atoms with Crippen molar-refractivity contribution in [2.45, 2.75) is 13.1 Å². The van der Waals surface area contributed by atoms with Gasteiger partial charge in [0.25, 0.3) is 0 Å². The molecule has 1 rings (SSSR count). The minimum absolute atomic E-state index is 0.274. The van der Waals surface area contributed by atoms with Gasteiger partial charge in [0.15, 0.2) is 0 Å². The van der Waals surface area contributed by atoms with Crippen LogP contribution in [0, 0.1) is 6.92 Å². The molecule has 6 heteroatoms. The molecule has 0 aliphatic heterocycles. The molecule has 0 fully saturated rings. The van der Waals surface area contributed by atoms with Crippen LogP contribution < -0.4 is 4.90 Å². The first-order chi connectivity index (χ1) is 7.42. The molecule has 0 unspecified atom stereocenters. The maximum absolute atomic E-state index is 12.3. The minimum atomic E-state index is -4.21. The standard InChI is InChI=1S/C10H12BrF3N2/c1-8-2-4-15-9(6-8)16(5-3-11)7-10(12,13)14/h2,4,6H,3,5,7H2,1H3. The Bertz CT molecular complexity index is 341. The first kappa shape index (κ1) is 13.3. The van der Waals surface area contributed by atoms with Crippen LogP contribution in [0.15, 0.2) is 18.3 Å². The molecular formula is C10H12BrF3N2. The van der Waals surface area contributed by atoms with Crippen molar-refractivity contribution >= 4 is 21.7 Å². The molecular weight excluding hydrogens is 285 g/mol. The predicted octanol–water partition coefficient (Wildman–Crippen LogP) is 3.15.